The summed E-state index contributed by atoms with van der Waals surface area (Å²) in [6.45, 7) is 14.6. The second kappa shape index (κ2) is 10.0. The molecule has 0 saturated carbocycles. The van der Waals surface area contributed by atoms with Crippen molar-refractivity contribution in [3.05, 3.63) is 24.3 Å². The second-order valence-corrected chi connectivity index (χ2v) is 14.7. The maximum atomic E-state index is 12.0. The summed E-state index contributed by atoms with van der Waals surface area (Å²) in [5.41, 5.74) is 0.686. The van der Waals surface area contributed by atoms with Crippen molar-refractivity contribution in [3.8, 4) is 0 Å². The molecule has 0 aliphatic rings. The van der Waals surface area contributed by atoms with Crippen LogP contribution < -0.4 is 0 Å². The molecule has 0 spiro atoms. The van der Waals surface area contributed by atoms with Crippen LogP contribution in [0.15, 0.2) is 24.3 Å². The Labute approximate surface area is 133 Å². The second-order valence-electron chi connectivity index (χ2n) is 5.46. The Kier molecular flexibility index (Phi) is 9.66. The first-order valence-corrected chi connectivity index (χ1v) is 13.9. The van der Waals surface area contributed by atoms with E-state index in [1.54, 1.807) is 13.8 Å². The van der Waals surface area contributed by atoms with E-state index in [2.05, 4.69) is 27.0 Å². The van der Waals surface area contributed by atoms with Crippen LogP contribution >= 0.6 is 0 Å². The molecule has 0 aliphatic heterocycles. The molecule has 0 saturated heterocycles. The molecular weight excluding hydrogens is 375 g/mol. The van der Waals surface area contributed by atoms with Gasteiger partial charge in [-0.2, -0.15) is 0 Å². The van der Waals surface area contributed by atoms with Crippen LogP contribution in [0.25, 0.3) is 0 Å². The van der Waals surface area contributed by atoms with E-state index in [1.807, 2.05) is 0 Å². The predicted molar refractivity (Wildman–Crippen MR) is 87.0 cm³/mol. The standard InChI is InChI=1S/2C4H6O2.2C4H9.Sn/c2*1-3(2)4(5)6;2*1-3-4-2;/h2*1H2,2H3,(H,5,6);2*1,3-4H2,2H3;/q;;;;+2/p-2. The Bertz CT molecular complexity index is 363. The summed E-state index contributed by atoms with van der Waals surface area (Å²) in [7, 11) is 0. The molecule has 0 N–H and O–H groups in total. The van der Waals surface area contributed by atoms with Crippen LogP contribution in [-0.2, 0) is 15.7 Å². The Morgan fingerprint density at radius 1 is 0.857 bits per heavy atom. The van der Waals surface area contributed by atoms with E-state index in [4.69, 9.17) is 6.15 Å². The number of hydrogen-bond donors (Lipinski definition) is 0. The molecule has 0 atom stereocenters. The molecule has 0 aromatic heterocycles. The quantitative estimate of drug-likeness (QED) is 0.404. The van der Waals surface area contributed by atoms with Gasteiger partial charge in [0, 0.05) is 0 Å². The zero-order chi connectivity index (χ0) is 16.5. The number of carbonyl (C=O) groups excluding carboxylic acids is 2. The summed E-state index contributed by atoms with van der Waals surface area (Å²) in [4.78, 5) is 23.9. The van der Waals surface area contributed by atoms with Crippen LogP contribution in [0.4, 0.5) is 0 Å². The van der Waals surface area contributed by atoms with Crippen LogP contribution in [0.5, 0.6) is 0 Å². The first kappa shape index (κ1) is 20.2. The third-order valence-corrected chi connectivity index (χ3v) is 12.6. The summed E-state index contributed by atoms with van der Waals surface area (Å²) >= 11 is -3.78. The molecule has 21 heavy (non-hydrogen) atoms. The molecule has 120 valence electrons. The van der Waals surface area contributed by atoms with E-state index in [1.165, 1.54) is 0 Å². The molecule has 0 aliphatic carbocycles. The van der Waals surface area contributed by atoms with E-state index < -0.39 is 31.1 Å². The van der Waals surface area contributed by atoms with Crippen molar-refractivity contribution in [3.63, 3.8) is 0 Å². The number of unbranched alkanes of at least 4 members (excludes halogenated alkanes) is 2. The topological polar surface area (TPSA) is 52.6 Å². The van der Waals surface area contributed by atoms with Crippen LogP contribution in [0.3, 0.4) is 0 Å². The Morgan fingerprint density at radius 2 is 1.19 bits per heavy atom. The van der Waals surface area contributed by atoms with E-state index in [0.29, 0.717) is 20.0 Å². The van der Waals surface area contributed by atoms with E-state index in [-0.39, 0.29) is 0 Å². The van der Waals surface area contributed by atoms with Crippen molar-refractivity contribution >= 4 is 31.1 Å². The van der Waals surface area contributed by atoms with Gasteiger partial charge in [-0.05, 0) is 0 Å². The Balaban J connectivity index is 5.27. The molecule has 4 nitrogen and oxygen atoms in total. The summed E-state index contributed by atoms with van der Waals surface area (Å²) in [5.74, 6) is -0.875. The zero-order valence-corrected chi connectivity index (χ0v) is 16.6. The maximum absolute atomic E-state index is 12.0. The van der Waals surface area contributed by atoms with Crippen molar-refractivity contribution in [1.29, 1.82) is 0 Å². The van der Waals surface area contributed by atoms with Gasteiger partial charge in [-0.3, -0.25) is 0 Å². The van der Waals surface area contributed by atoms with Crippen molar-refractivity contribution < 1.29 is 15.7 Å². The summed E-state index contributed by atoms with van der Waals surface area (Å²) in [5, 5.41) is 0. The average Bonchev–Trinajstić information content (AvgIpc) is 2.42. The van der Waals surface area contributed by atoms with Gasteiger partial charge in [-0.15, -0.1) is 0 Å². The van der Waals surface area contributed by atoms with Crippen LogP contribution in [0.2, 0.25) is 8.87 Å². The predicted octanol–water partition coefficient (Wildman–Crippen LogP) is 4.27. The average molecular weight is 403 g/mol. The Morgan fingerprint density at radius 3 is 1.43 bits per heavy atom. The fraction of sp³-hybridized carbons (Fsp3) is 0.625. The first-order chi connectivity index (χ1) is 9.78. The first-order valence-electron chi connectivity index (χ1n) is 7.55. The minimum absolute atomic E-state index is 0.343. The SMILES string of the molecule is C=C(C)C(=O)[O][Sn]([CH2]CCC)([CH2]CCC)[O]C(=O)C(=C)C. The fourth-order valence-electron chi connectivity index (χ4n) is 1.75. The van der Waals surface area contributed by atoms with Gasteiger partial charge in [0.05, 0.1) is 0 Å². The number of hydrogen-bond acceptors (Lipinski definition) is 4. The summed E-state index contributed by atoms with van der Waals surface area (Å²) < 4.78 is 12.8. The molecule has 0 bridgehead atoms. The number of carbonyl (C=O) groups is 2. The molecule has 0 radical (unpaired) electrons. The molecule has 0 rings (SSSR count). The zero-order valence-electron chi connectivity index (χ0n) is 13.8. The summed E-state index contributed by atoms with van der Waals surface area (Å²) in [6.07, 6.45) is 3.74. The van der Waals surface area contributed by atoms with Gasteiger partial charge in [0.25, 0.3) is 0 Å². The van der Waals surface area contributed by atoms with Gasteiger partial charge < -0.3 is 0 Å². The fourth-order valence-corrected chi connectivity index (χ4v) is 11.8. The van der Waals surface area contributed by atoms with Gasteiger partial charge in [-0.1, -0.05) is 0 Å². The third kappa shape index (κ3) is 7.69. The molecule has 0 aromatic rings. The van der Waals surface area contributed by atoms with Crippen molar-refractivity contribution in [2.75, 3.05) is 0 Å². The van der Waals surface area contributed by atoms with Gasteiger partial charge in [0.2, 0.25) is 0 Å². The molecule has 0 heterocycles. The van der Waals surface area contributed by atoms with Gasteiger partial charge >= 0.3 is 133 Å². The van der Waals surface area contributed by atoms with Crippen molar-refractivity contribution in [2.24, 2.45) is 0 Å². The molecule has 0 amide bonds. The van der Waals surface area contributed by atoms with Crippen LogP contribution in [0, 0.1) is 0 Å². The van der Waals surface area contributed by atoms with E-state index >= 15 is 0 Å². The van der Waals surface area contributed by atoms with Crippen LogP contribution in [0.1, 0.15) is 53.4 Å². The van der Waals surface area contributed by atoms with Crippen molar-refractivity contribution in [2.45, 2.75) is 62.3 Å². The number of rotatable bonds is 10. The minimum atomic E-state index is -3.78. The third-order valence-electron chi connectivity index (χ3n) is 3.08. The summed E-state index contributed by atoms with van der Waals surface area (Å²) in [6, 6.07) is 0. The molecule has 0 unspecified atom stereocenters. The van der Waals surface area contributed by atoms with Crippen molar-refractivity contribution in [1.82, 2.24) is 0 Å². The molecule has 0 aromatic carbocycles. The molecule has 5 heteroatoms. The van der Waals surface area contributed by atoms with Gasteiger partial charge in [-0.25, -0.2) is 0 Å². The van der Waals surface area contributed by atoms with E-state index in [0.717, 1.165) is 25.7 Å². The molecule has 0 fully saturated rings. The van der Waals surface area contributed by atoms with Gasteiger partial charge in [0.1, 0.15) is 0 Å². The van der Waals surface area contributed by atoms with E-state index in [9.17, 15) is 9.59 Å². The van der Waals surface area contributed by atoms with Gasteiger partial charge in [0.15, 0.2) is 0 Å². The normalized spacial score (nSPS) is 10.9. The van der Waals surface area contributed by atoms with Crippen LogP contribution in [-0.4, -0.2) is 31.1 Å². The molecular formula is C16H28O4Sn. The Hall–Kier alpha value is -0.781. The monoisotopic (exact) mass is 404 g/mol.